The summed E-state index contributed by atoms with van der Waals surface area (Å²) >= 11 is 6.42. The van der Waals surface area contributed by atoms with Gasteiger partial charge in [-0.15, -0.1) is 0 Å². The van der Waals surface area contributed by atoms with Crippen molar-refractivity contribution < 1.29 is 0 Å². The molecule has 0 unspecified atom stereocenters. The summed E-state index contributed by atoms with van der Waals surface area (Å²) in [5.74, 6) is 0. The van der Waals surface area contributed by atoms with Crippen LogP contribution >= 0.6 is 25.5 Å². The fourth-order valence-electron chi connectivity index (χ4n) is 3.00. The monoisotopic (exact) mass is 570 g/mol. The Morgan fingerprint density at radius 2 is 0.696 bits per heavy atom. The van der Waals surface area contributed by atoms with Crippen molar-refractivity contribution in [1.82, 2.24) is 0 Å². The first-order valence-electron chi connectivity index (χ1n) is 10.3. The Bertz CT molecular complexity index is 210. The third kappa shape index (κ3) is 19.9. The number of rotatable bonds is 18. The molecule has 0 atom stereocenters. The molecule has 0 bridgehead atoms. The van der Waals surface area contributed by atoms with Gasteiger partial charge in [-0.3, -0.25) is 0 Å². The fraction of sp³-hybridized carbons (Fsp3) is 1.00. The van der Waals surface area contributed by atoms with Gasteiger partial charge >= 0.3 is 165 Å². The molecule has 0 heterocycles. The third-order valence-corrected chi connectivity index (χ3v) is 18.3. The van der Waals surface area contributed by atoms with Crippen LogP contribution in [0.15, 0.2) is 0 Å². The van der Waals surface area contributed by atoms with E-state index in [9.17, 15) is 0 Å². The van der Waals surface area contributed by atoms with E-state index in [1.807, 2.05) is 0 Å². The van der Waals surface area contributed by atoms with Gasteiger partial charge in [0.15, 0.2) is 0 Å². The SMILES string of the molecule is CCCCCCCCCC[Te](Br)(Br)CCCCCCCCCC. The Morgan fingerprint density at radius 3 is 1.00 bits per heavy atom. The van der Waals surface area contributed by atoms with E-state index < -0.39 is 13.8 Å². The molecule has 0 saturated carbocycles. The Kier molecular flexibility index (Phi) is 19.9. The predicted molar refractivity (Wildman–Crippen MR) is 118 cm³/mol. The number of hydrogen-bond acceptors (Lipinski definition) is 0. The van der Waals surface area contributed by atoms with Crippen molar-refractivity contribution in [3.05, 3.63) is 0 Å². The summed E-state index contributed by atoms with van der Waals surface area (Å²) in [6, 6.07) is 0. The Morgan fingerprint density at radius 1 is 0.435 bits per heavy atom. The van der Waals surface area contributed by atoms with Crippen molar-refractivity contribution >= 4 is 39.3 Å². The minimum absolute atomic E-state index is 1.36. The van der Waals surface area contributed by atoms with Gasteiger partial charge in [0.05, 0.1) is 0 Å². The minimum atomic E-state index is -1.78. The maximum absolute atomic E-state index is 4.10. The standard InChI is InChI=1S/C20H42Br2Te/c1-3-5-7-9-11-13-15-17-19-23(21,22)20-18-16-14-12-10-8-6-4-2/h3-20H2,1-2H3. The molecular formula is C20H42Br2Te. The average molecular weight is 570 g/mol. The summed E-state index contributed by atoms with van der Waals surface area (Å²) in [6.07, 6.45) is 23.0. The van der Waals surface area contributed by atoms with Gasteiger partial charge in [-0.05, 0) is 0 Å². The number of halogens is 2. The molecule has 0 fully saturated rings. The molecule has 0 rings (SSSR count). The molecule has 0 aliphatic heterocycles. The Hall–Kier alpha value is 1.75. The molecule has 0 aromatic rings. The first kappa shape index (κ1) is 24.7. The molecule has 0 aliphatic carbocycles. The maximum atomic E-state index is 4.10. The fourth-order valence-corrected chi connectivity index (χ4v) is 13.3. The Labute approximate surface area is 163 Å². The van der Waals surface area contributed by atoms with Gasteiger partial charge < -0.3 is 0 Å². The van der Waals surface area contributed by atoms with Crippen molar-refractivity contribution in [3.8, 4) is 0 Å². The van der Waals surface area contributed by atoms with E-state index in [0.717, 1.165) is 0 Å². The molecule has 0 aromatic carbocycles. The molecule has 0 nitrogen and oxygen atoms in total. The molecule has 0 spiro atoms. The van der Waals surface area contributed by atoms with E-state index in [-0.39, 0.29) is 0 Å². The van der Waals surface area contributed by atoms with E-state index in [2.05, 4.69) is 39.4 Å². The van der Waals surface area contributed by atoms with Crippen molar-refractivity contribution in [2.24, 2.45) is 0 Å². The van der Waals surface area contributed by atoms with Crippen molar-refractivity contribution in [2.75, 3.05) is 0 Å². The van der Waals surface area contributed by atoms with Gasteiger partial charge in [-0.1, -0.05) is 0 Å². The van der Waals surface area contributed by atoms with Gasteiger partial charge in [0.2, 0.25) is 0 Å². The third-order valence-electron chi connectivity index (χ3n) is 4.59. The van der Waals surface area contributed by atoms with Crippen LogP contribution in [-0.4, -0.2) is 13.8 Å². The summed E-state index contributed by atoms with van der Waals surface area (Å²) < 4.78 is 2.93. The van der Waals surface area contributed by atoms with E-state index in [1.165, 1.54) is 112 Å². The van der Waals surface area contributed by atoms with Crippen LogP contribution in [0.4, 0.5) is 0 Å². The van der Waals surface area contributed by atoms with Gasteiger partial charge in [0.1, 0.15) is 0 Å². The summed E-state index contributed by atoms with van der Waals surface area (Å²) in [5, 5.41) is 0. The molecule has 0 saturated heterocycles. The summed E-state index contributed by atoms with van der Waals surface area (Å²) in [6.45, 7) is 4.59. The zero-order valence-corrected chi connectivity index (χ0v) is 21.4. The van der Waals surface area contributed by atoms with Crippen LogP contribution in [0.3, 0.4) is 0 Å². The van der Waals surface area contributed by atoms with Gasteiger partial charge in [-0.2, -0.15) is 0 Å². The van der Waals surface area contributed by atoms with E-state index in [1.54, 1.807) is 0 Å². The van der Waals surface area contributed by atoms with Crippen molar-refractivity contribution in [3.63, 3.8) is 0 Å². The zero-order valence-electron chi connectivity index (χ0n) is 15.9. The van der Waals surface area contributed by atoms with E-state index in [0.29, 0.717) is 0 Å². The zero-order chi connectivity index (χ0) is 17.2. The van der Waals surface area contributed by atoms with E-state index in [4.69, 9.17) is 0 Å². The number of hydrogen-bond donors (Lipinski definition) is 0. The topological polar surface area (TPSA) is 0 Å². The van der Waals surface area contributed by atoms with Crippen LogP contribution < -0.4 is 0 Å². The molecule has 0 N–H and O–H groups in total. The second-order valence-electron chi connectivity index (χ2n) is 7.06. The van der Waals surface area contributed by atoms with Crippen LogP contribution in [0.1, 0.15) is 117 Å². The second-order valence-corrected chi connectivity index (χ2v) is 35.8. The van der Waals surface area contributed by atoms with Crippen molar-refractivity contribution in [1.29, 1.82) is 0 Å². The first-order valence-corrected chi connectivity index (χ1v) is 24.0. The van der Waals surface area contributed by atoms with Gasteiger partial charge in [-0.25, -0.2) is 0 Å². The first-order chi connectivity index (χ1) is 11.1. The average Bonchev–Trinajstić information content (AvgIpc) is 2.52. The van der Waals surface area contributed by atoms with Crippen molar-refractivity contribution in [2.45, 2.75) is 126 Å². The quantitative estimate of drug-likeness (QED) is 0.114. The van der Waals surface area contributed by atoms with Crippen LogP contribution in [0.2, 0.25) is 8.94 Å². The molecule has 0 amide bonds. The Balaban J connectivity index is 3.33. The molecule has 0 aromatic heterocycles. The predicted octanol–water partition coefficient (Wildman–Crippen LogP) is 9.50. The van der Waals surface area contributed by atoms with Gasteiger partial charge in [0, 0.05) is 0 Å². The molecule has 0 aliphatic rings. The summed E-state index contributed by atoms with van der Waals surface area (Å²) in [7, 11) is 0. The summed E-state index contributed by atoms with van der Waals surface area (Å²) in [4.78, 5) is 0. The molecular weight excluding hydrogens is 528 g/mol. The van der Waals surface area contributed by atoms with Crippen LogP contribution in [0.5, 0.6) is 0 Å². The van der Waals surface area contributed by atoms with Crippen LogP contribution in [0, 0.1) is 0 Å². The molecule has 142 valence electrons. The van der Waals surface area contributed by atoms with E-state index >= 15 is 0 Å². The molecule has 3 heteroatoms. The van der Waals surface area contributed by atoms with Crippen LogP contribution in [-0.2, 0) is 0 Å². The van der Waals surface area contributed by atoms with Crippen LogP contribution in [0.25, 0.3) is 0 Å². The van der Waals surface area contributed by atoms with Gasteiger partial charge in [0.25, 0.3) is 0 Å². The molecule has 0 radical (unpaired) electrons. The summed E-state index contributed by atoms with van der Waals surface area (Å²) in [5.41, 5.74) is 0. The number of unbranched alkanes of at least 4 members (excludes halogenated alkanes) is 14. The molecule has 23 heavy (non-hydrogen) atoms. The second kappa shape index (κ2) is 18.5. The normalized spacial score (nSPS) is 12.7.